The molecule has 0 saturated heterocycles. The van der Waals surface area contributed by atoms with Crippen LogP contribution in [0.1, 0.15) is 25.3 Å². The quantitative estimate of drug-likeness (QED) is 0.606. The van der Waals surface area contributed by atoms with Crippen molar-refractivity contribution in [3.05, 3.63) is 39.9 Å². The molecule has 1 saturated carbocycles. The van der Waals surface area contributed by atoms with E-state index in [0.717, 1.165) is 31.6 Å². The van der Waals surface area contributed by atoms with Crippen molar-refractivity contribution in [1.82, 2.24) is 5.32 Å². The Bertz CT molecular complexity index is 430. The summed E-state index contributed by atoms with van der Waals surface area (Å²) >= 11 is 0. The van der Waals surface area contributed by atoms with Crippen LogP contribution >= 0.6 is 0 Å². The fraction of sp³-hybridized carbons (Fsp3) is 0.571. The second-order valence-corrected chi connectivity index (χ2v) is 4.84. The van der Waals surface area contributed by atoms with Gasteiger partial charge in [0.2, 0.25) is 0 Å². The zero-order valence-corrected chi connectivity index (χ0v) is 11.2. The molecule has 0 unspecified atom stereocenters. The third-order valence-electron chi connectivity index (χ3n) is 3.51. The van der Waals surface area contributed by atoms with Crippen LogP contribution in [0.25, 0.3) is 0 Å². The summed E-state index contributed by atoms with van der Waals surface area (Å²) in [7, 11) is 0. The van der Waals surface area contributed by atoms with Gasteiger partial charge in [-0.15, -0.1) is 0 Å². The SMILES string of the molecule is CCOC1CC(NCCc2ccccc2[N+](=O)[O-])C1. The van der Waals surface area contributed by atoms with Crippen LogP contribution in [0.4, 0.5) is 5.69 Å². The van der Waals surface area contributed by atoms with Gasteiger partial charge in [-0.2, -0.15) is 0 Å². The van der Waals surface area contributed by atoms with Crippen LogP contribution < -0.4 is 5.32 Å². The van der Waals surface area contributed by atoms with Crippen LogP contribution in [0.3, 0.4) is 0 Å². The Morgan fingerprint density at radius 2 is 2.16 bits per heavy atom. The van der Waals surface area contributed by atoms with Crippen molar-refractivity contribution in [3.63, 3.8) is 0 Å². The molecular formula is C14H20N2O3. The van der Waals surface area contributed by atoms with Gasteiger partial charge in [0, 0.05) is 24.3 Å². The highest BCUT2D eigenvalue weighted by Gasteiger charge is 2.28. The van der Waals surface area contributed by atoms with Gasteiger partial charge in [0.1, 0.15) is 0 Å². The molecule has 2 rings (SSSR count). The predicted octanol–water partition coefficient (Wildman–Crippen LogP) is 2.29. The highest BCUT2D eigenvalue weighted by Crippen LogP contribution is 2.23. The Kier molecular flexibility index (Phi) is 4.87. The van der Waals surface area contributed by atoms with E-state index in [9.17, 15) is 10.1 Å². The standard InChI is InChI=1S/C14H20N2O3/c1-2-19-13-9-12(10-13)15-8-7-11-5-3-4-6-14(11)16(17)18/h3-6,12-13,15H,2,7-10H2,1H3. The molecule has 1 N–H and O–H groups in total. The molecule has 0 heterocycles. The first-order valence-corrected chi connectivity index (χ1v) is 6.78. The van der Waals surface area contributed by atoms with Crippen LogP contribution in [0.2, 0.25) is 0 Å². The molecule has 0 bridgehead atoms. The lowest BCUT2D eigenvalue weighted by atomic mass is 9.89. The lowest BCUT2D eigenvalue weighted by Gasteiger charge is -2.35. The first-order chi connectivity index (χ1) is 9.20. The maximum Gasteiger partial charge on any atom is 0.272 e. The molecule has 0 amide bonds. The van der Waals surface area contributed by atoms with Gasteiger partial charge < -0.3 is 10.1 Å². The maximum atomic E-state index is 10.9. The van der Waals surface area contributed by atoms with Gasteiger partial charge in [0.15, 0.2) is 0 Å². The number of hydrogen-bond donors (Lipinski definition) is 1. The molecule has 0 aromatic heterocycles. The van der Waals surface area contributed by atoms with Gasteiger partial charge in [0.05, 0.1) is 11.0 Å². The van der Waals surface area contributed by atoms with E-state index < -0.39 is 0 Å². The minimum atomic E-state index is -0.316. The maximum absolute atomic E-state index is 10.9. The lowest BCUT2D eigenvalue weighted by Crippen LogP contribution is -2.46. The number of hydrogen-bond acceptors (Lipinski definition) is 4. The summed E-state index contributed by atoms with van der Waals surface area (Å²) in [5.41, 5.74) is 1.01. The van der Waals surface area contributed by atoms with Gasteiger partial charge in [0.25, 0.3) is 5.69 Å². The predicted molar refractivity (Wildman–Crippen MR) is 73.2 cm³/mol. The minimum Gasteiger partial charge on any atom is -0.378 e. The van der Waals surface area contributed by atoms with Crippen LogP contribution in [0.5, 0.6) is 0 Å². The molecular weight excluding hydrogens is 244 g/mol. The van der Waals surface area contributed by atoms with Crippen molar-refractivity contribution in [2.24, 2.45) is 0 Å². The average molecular weight is 264 g/mol. The van der Waals surface area contributed by atoms with Crippen LogP contribution in [0.15, 0.2) is 24.3 Å². The lowest BCUT2D eigenvalue weighted by molar-refractivity contribution is -0.385. The third kappa shape index (κ3) is 3.75. The fourth-order valence-electron chi connectivity index (χ4n) is 2.42. The smallest absolute Gasteiger partial charge is 0.272 e. The van der Waals surface area contributed by atoms with E-state index in [4.69, 9.17) is 4.74 Å². The number of rotatable bonds is 7. The minimum absolute atomic E-state index is 0.213. The highest BCUT2D eigenvalue weighted by molar-refractivity contribution is 5.39. The number of nitrogens with zero attached hydrogens (tertiary/aromatic N) is 1. The molecule has 104 valence electrons. The summed E-state index contributed by atoms with van der Waals surface area (Å²) in [6.07, 6.45) is 3.18. The zero-order chi connectivity index (χ0) is 13.7. The Balaban J connectivity index is 1.73. The number of ether oxygens (including phenoxy) is 1. The van der Waals surface area contributed by atoms with Crippen molar-refractivity contribution in [1.29, 1.82) is 0 Å². The second kappa shape index (κ2) is 6.63. The molecule has 0 spiro atoms. The number of nitro groups is 1. The topological polar surface area (TPSA) is 64.4 Å². The molecule has 5 nitrogen and oxygen atoms in total. The average Bonchev–Trinajstić information content (AvgIpc) is 2.36. The molecule has 1 aliphatic rings. The summed E-state index contributed by atoms with van der Waals surface area (Å²) < 4.78 is 5.49. The van der Waals surface area contributed by atoms with Crippen molar-refractivity contribution < 1.29 is 9.66 Å². The summed E-state index contributed by atoms with van der Waals surface area (Å²) in [6, 6.07) is 7.43. The molecule has 1 aromatic rings. The van der Waals surface area contributed by atoms with Gasteiger partial charge >= 0.3 is 0 Å². The summed E-state index contributed by atoms with van der Waals surface area (Å²) in [6.45, 7) is 3.55. The molecule has 1 fully saturated rings. The van der Waals surface area contributed by atoms with Gasteiger partial charge in [-0.3, -0.25) is 10.1 Å². The zero-order valence-electron chi connectivity index (χ0n) is 11.2. The van der Waals surface area contributed by atoms with Gasteiger partial charge in [-0.25, -0.2) is 0 Å². The summed E-state index contributed by atoms with van der Waals surface area (Å²) in [4.78, 5) is 10.6. The first kappa shape index (κ1) is 14.0. The van der Waals surface area contributed by atoms with Crippen LogP contribution in [-0.2, 0) is 11.2 Å². The second-order valence-electron chi connectivity index (χ2n) is 4.84. The number of nitrogens with one attached hydrogen (secondary N) is 1. The summed E-state index contributed by atoms with van der Waals surface area (Å²) in [5, 5.41) is 14.3. The largest absolute Gasteiger partial charge is 0.378 e. The van der Waals surface area contributed by atoms with Gasteiger partial charge in [-0.1, -0.05) is 18.2 Å². The monoisotopic (exact) mass is 264 g/mol. The van der Waals surface area contributed by atoms with E-state index in [0.29, 0.717) is 18.6 Å². The van der Waals surface area contributed by atoms with Crippen LogP contribution in [-0.4, -0.2) is 30.2 Å². The molecule has 19 heavy (non-hydrogen) atoms. The van der Waals surface area contributed by atoms with E-state index >= 15 is 0 Å². The van der Waals surface area contributed by atoms with E-state index in [1.807, 2.05) is 19.1 Å². The van der Waals surface area contributed by atoms with Crippen molar-refractivity contribution in [3.8, 4) is 0 Å². The van der Waals surface area contributed by atoms with E-state index in [1.54, 1.807) is 12.1 Å². The Morgan fingerprint density at radius 3 is 2.84 bits per heavy atom. The highest BCUT2D eigenvalue weighted by atomic mass is 16.6. The molecule has 0 aliphatic heterocycles. The molecule has 0 atom stereocenters. The van der Waals surface area contributed by atoms with E-state index in [1.165, 1.54) is 0 Å². The van der Waals surface area contributed by atoms with E-state index in [-0.39, 0.29) is 10.6 Å². The summed E-state index contributed by atoms with van der Waals surface area (Å²) in [5.74, 6) is 0. The Morgan fingerprint density at radius 1 is 1.42 bits per heavy atom. The fourth-order valence-corrected chi connectivity index (χ4v) is 2.42. The number of benzene rings is 1. The molecule has 1 aromatic carbocycles. The Hall–Kier alpha value is -1.46. The van der Waals surface area contributed by atoms with Crippen molar-refractivity contribution in [2.45, 2.75) is 38.3 Å². The normalized spacial score (nSPS) is 21.9. The van der Waals surface area contributed by atoms with Crippen LogP contribution in [0, 0.1) is 10.1 Å². The number of nitro benzene ring substituents is 1. The van der Waals surface area contributed by atoms with Crippen molar-refractivity contribution >= 4 is 5.69 Å². The first-order valence-electron chi connectivity index (χ1n) is 6.78. The Labute approximate surface area is 113 Å². The van der Waals surface area contributed by atoms with Gasteiger partial charge in [-0.05, 0) is 32.7 Å². The molecule has 1 aliphatic carbocycles. The van der Waals surface area contributed by atoms with E-state index in [2.05, 4.69) is 5.32 Å². The third-order valence-corrected chi connectivity index (χ3v) is 3.51. The number of para-hydroxylation sites is 1. The van der Waals surface area contributed by atoms with Crippen molar-refractivity contribution in [2.75, 3.05) is 13.2 Å². The molecule has 5 heteroatoms. The molecule has 0 radical (unpaired) electrons.